The van der Waals surface area contributed by atoms with Gasteiger partial charge in [0, 0.05) is 13.0 Å². The van der Waals surface area contributed by atoms with Crippen LogP contribution in [0, 0.1) is 0 Å². The van der Waals surface area contributed by atoms with Gasteiger partial charge in [0.25, 0.3) is 5.91 Å². The normalized spacial score (nSPS) is 11.3. The Hall–Kier alpha value is -1.07. The standard InChI is InChI=1S/C11H18F3NO2/c1-2-3-4-5-8-15-10(17)9(16)6-7-11(12,13)14/h2-8H2,1H3,(H,15,17). The predicted octanol–water partition coefficient (Wildman–Crippen LogP) is 2.59. The summed E-state index contributed by atoms with van der Waals surface area (Å²) in [6.07, 6.45) is -2.63. The molecule has 3 nitrogen and oxygen atoms in total. The third kappa shape index (κ3) is 9.84. The van der Waals surface area contributed by atoms with Gasteiger partial charge in [-0.2, -0.15) is 13.2 Å². The molecule has 0 aliphatic carbocycles. The monoisotopic (exact) mass is 253 g/mol. The maximum Gasteiger partial charge on any atom is 0.389 e. The van der Waals surface area contributed by atoms with Crippen LogP contribution in [0.5, 0.6) is 0 Å². The van der Waals surface area contributed by atoms with Crippen LogP contribution in [-0.2, 0) is 9.59 Å². The molecule has 0 radical (unpaired) electrons. The summed E-state index contributed by atoms with van der Waals surface area (Å²) in [5, 5.41) is 2.32. The number of rotatable bonds is 8. The summed E-state index contributed by atoms with van der Waals surface area (Å²) >= 11 is 0. The maximum atomic E-state index is 11.8. The summed E-state index contributed by atoms with van der Waals surface area (Å²) in [6, 6.07) is 0. The zero-order chi connectivity index (χ0) is 13.3. The zero-order valence-electron chi connectivity index (χ0n) is 9.90. The first kappa shape index (κ1) is 15.9. The molecule has 0 aromatic rings. The van der Waals surface area contributed by atoms with E-state index in [0.29, 0.717) is 6.54 Å². The number of unbranched alkanes of at least 4 members (excludes halogenated alkanes) is 3. The molecule has 0 heterocycles. The highest BCUT2D eigenvalue weighted by Crippen LogP contribution is 2.21. The van der Waals surface area contributed by atoms with Crippen molar-refractivity contribution >= 4 is 11.7 Å². The highest BCUT2D eigenvalue weighted by molar-refractivity contribution is 6.36. The minimum absolute atomic E-state index is 0.344. The number of hydrogen-bond donors (Lipinski definition) is 1. The lowest BCUT2D eigenvalue weighted by Crippen LogP contribution is -2.32. The van der Waals surface area contributed by atoms with E-state index in [1.54, 1.807) is 0 Å². The van der Waals surface area contributed by atoms with Gasteiger partial charge in [-0.15, -0.1) is 0 Å². The highest BCUT2D eigenvalue weighted by atomic mass is 19.4. The lowest BCUT2D eigenvalue weighted by molar-refractivity contribution is -0.148. The second-order valence-electron chi connectivity index (χ2n) is 3.85. The van der Waals surface area contributed by atoms with E-state index in [1.807, 2.05) is 6.92 Å². The Morgan fingerprint density at radius 3 is 2.29 bits per heavy atom. The molecule has 0 unspecified atom stereocenters. The SMILES string of the molecule is CCCCCCNC(=O)C(=O)CCC(F)(F)F. The molecule has 0 rings (SSSR count). The van der Waals surface area contributed by atoms with Gasteiger partial charge in [0.1, 0.15) is 0 Å². The molecule has 0 bridgehead atoms. The van der Waals surface area contributed by atoms with Crippen molar-refractivity contribution in [2.75, 3.05) is 6.54 Å². The van der Waals surface area contributed by atoms with Crippen LogP contribution in [0.15, 0.2) is 0 Å². The quantitative estimate of drug-likeness (QED) is 0.534. The molecule has 1 amide bonds. The molecule has 1 N–H and O–H groups in total. The number of ketones is 1. The summed E-state index contributed by atoms with van der Waals surface area (Å²) in [6.45, 7) is 2.38. The van der Waals surface area contributed by atoms with E-state index >= 15 is 0 Å². The molecule has 0 spiro atoms. The van der Waals surface area contributed by atoms with E-state index in [0.717, 1.165) is 25.7 Å². The summed E-state index contributed by atoms with van der Waals surface area (Å²) in [5.74, 6) is -1.91. The van der Waals surface area contributed by atoms with Crippen LogP contribution < -0.4 is 5.32 Å². The minimum atomic E-state index is -4.39. The third-order valence-electron chi connectivity index (χ3n) is 2.20. The summed E-state index contributed by atoms with van der Waals surface area (Å²) in [4.78, 5) is 22.1. The molecule has 0 aromatic carbocycles. The van der Waals surface area contributed by atoms with Gasteiger partial charge in [-0.3, -0.25) is 9.59 Å². The van der Waals surface area contributed by atoms with Crippen molar-refractivity contribution in [1.29, 1.82) is 0 Å². The number of hydrogen-bond acceptors (Lipinski definition) is 2. The van der Waals surface area contributed by atoms with Crippen LogP contribution >= 0.6 is 0 Å². The Balaban J connectivity index is 3.65. The zero-order valence-corrected chi connectivity index (χ0v) is 9.90. The lowest BCUT2D eigenvalue weighted by atomic mass is 10.2. The number of halogens is 3. The first-order valence-electron chi connectivity index (χ1n) is 5.74. The molecule has 0 saturated carbocycles. The van der Waals surface area contributed by atoms with Gasteiger partial charge in [0.2, 0.25) is 5.78 Å². The molecule has 0 fully saturated rings. The first-order valence-corrected chi connectivity index (χ1v) is 5.74. The molecule has 0 saturated heterocycles. The number of amides is 1. The topological polar surface area (TPSA) is 46.2 Å². The smallest absolute Gasteiger partial charge is 0.350 e. The van der Waals surface area contributed by atoms with E-state index in [2.05, 4.69) is 5.32 Å². The Morgan fingerprint density at radius 1 is 1.12 bits per heavy atom. The van der Waals surface area contributed by atoms with Crippen LogP contribution in [0.2, 0.25) is 0 Å². The fraction of sp³-hybridized carbons (Fsp3) is 0.818. The average Bonchev–Trinajstić information content (AvgIpc) is 2.24. The number of carbonyl (C=O) groups is 2. The molecule has 17 heavy (non-hydrogen) atoms. The second kappa shape index (κ2) is 8.08. The lowest BCUT2D eigenvalue weighted by Gasteiger charge is -2.06. The van der Waals surface area contributed by atoms with Crippen LogP contribution in [0.4, 0.5) is 13.2 Å². The highest BCUT2D eigenvalue weighted by Gasteiger charge is 2.29. The van der Waals surface area contributed by atoms with E-state index in [1.165, 1.54) is 0 Å². The fourth-order valence-corrected chi connectivity index (χ4v) is 1.22. The van der Waals surface area contributed by atoms with Gasteiger partial charge in [-0.1, -0.05) is 26.2 Å². The van der Waals surface area contributed by atoms with Crippen molar-refractivity contribution in [3.63, 3.8) is 0 Å². The fourth-order valence-electron chi connectivity index (χ4n) is 1.22. The van der Waals surface area contributed by atoms with Crippen LogP contribution in [0.25, 0.3) is 0 Å². The molecule has 0 aliphatic rings. The van der Waals surface area contributed by atoms with Crippen molar-refractivity contribution < 1.29 is 22.8 Å². The summed E-state index contributed by atoms with van der Waals surface area (Å²) in [7, 11) is 0. The molecule has 100 valence electrons. The Kier molecular flexibility index (Phi) is 7.58. The second-order valence-corrected chi connectivity index (χ2v) is 3.85. The predicted molar refractivity (Wildman–Crippen MR) is 57.4 cm³/mol. The van der Waals surface area contributed by atoms with Crippen molar-refractivity contribution in [3.05, 3.63) is 0 Å². The van der Waals surface area contributed by atoms with E-state index < -0.39 is 30.7 Å². The van der Waals surface area contributed by atoms with Crippen LogP contribution in [-0.4, -0.2) is 24.4 Å². The van der Waals surface area contributed by atoms with Crippen molar-refractivity contribution in [2.45, 2.75) is 51.6 Å². The molecule has 0 atom stereocenters. The van der Waals surface area contributed by atoms with Crippen LogP contribution in [0.1, 0.15) is 45.4 Å². The number of carbonyl (C=O) groups excluding carboxylic acids is 2. The largest absolute Gasteiger partial charge is 0.389 e. The number of Topliss-reactive ketones (excluding diaryl/α,β-unsaturated/α-hetero) is 1. The van der Waals surface area contributed by atoms with Crippen molar-refractivity contribution in [3.8, 4) is 0 Å². The number of nitrogens with one attached hydrogen (secondary N) is 1. The van der Waals surface area contributed by atoms with E-state index in [-0.39, 0.29) is 0 Å². The van der Waals surface area contributed by atoms with Gasteiger partial charge < -0.3 is 5.32 Å². The van der Waals surface area contributed by atoms with Gasteiger partial charge in [0.15, 0.2) is 0 Å². The third-order valence-corrected chi connectivity index (χ3v) is 2.20. The maximum absolute atomic E-state index is 11.8. The molecule has 0 aliphatic heterocycles. The van der Waals surface area contributed by atoms with E-state index in [4.69, 9.17) is 0 Å². The van der Waals surface area contributed by atoms with Crippen LogP contribution in [0.3, 0.4) is 0 Å². The van der Waals surface area contributed by atoms with Gasteiger partial charge in [0.05, 0.1) is 6.42 Å². The van der Waals surface area contributed by atoms with E-state index in [9.17, 15) is 22.8 Å². The Labute approximate surface area is 98.8 Å². The molecule has 0 aromatic heterocycles. The Bertz CT molecular complexity index is 252. The Morgan fingerprint density at radius 2 is 1.76 bits per heavy atom. The minimum Gasteiger partial charge on any atom is -0.350 e. The molecular formula is C11H18F3NO2. The first-order chi connectivity index (χ1) is 7.87. The summed E-state index contributed by atoms with van der Waals surface area (Å²) in [5.41, 5.74) is 0. The summed E-state index contributed by atoms with van der Waals surface area (Å²) < 4.78 is 35.4. The number of alkyl halides is 3. The van der Waals surface area contributed by atoms with Crippen molar-refractivity contribution in [1.82, 2.24) is 5.32 Å². The van der Waals surface area contributed by atoms with Gasteiger partial charge >= 0.3 is 6.18 Å². The van der Waals surface area contributed by atoms with Crippen molar-refractivity contribution in [2.24, 2.45) is 0 Å². The molecular weight excluding hydrogens is 235 g/mol. The van der Waals surface area contributed by atoms with Gasteiger partial charge in [-0.05, 0) is 6.42 Å². The van der Waals surface area contributed by atoms with Gasteiger partial charge in [-0.25, -0.2) is 0 Å². The molecule has 6 heteroatoms. The average molecular weight is 253 g/mol.